The highest BCUT2D eigenvalue weighted by atomic mass is 16.3. The van der Waals surface area contributed by atoms with Crippen molar-refractivity contribution in [3.8, 4) is 17.1 Å². The molecule has 2 aromatic rings. The smallest absolute Gasteiger partial charge is 0.161 e. The Morgan fingerprint density at radius 2 is 1.80 bits per heavy atom. The van der Waals surface area contributed by atoms with Crippen molar-refractivity contribution in [1.29, 1.82) is 0 Å². The average Bonchev–Trinajstić information content (AvgIpc) is 3.02. The molecule has 0 bridgehead atoms. The van der Waals surface area contributed by atoms with E-state index in [-0.39, 0.29) is 5.75 Å². The molecule has 4 heteroatoms. The molecule has 1 aromatic carbocycles. The van der Waals surface area contributed by atoms with E-state index >= 15 is 0 Å². The fourth-order valence-electron chi connectivity index (χ4n) is 2.76. The zero-order valence-corrected chi connectivity index (χ0v) is 11.6. The number of phenolic OH excluding ortho intramolecular Hbond substituents is 1. The highest BCUT2D eigenvalue weighted by molar-refractivity contribution is 5.58. The average molecular weight is 269 g/mol. The van der Waals surface area contributed by atoms with Gasteiger partial charge in [-0.05, 0) is 37.1 Å². The minimum absolute atomic E-state index is 0.259. The fraction of sp³-hybridized carbons (Fsp3) is 0.375. The Morgan fingerprint density at radius 1 is 1.10 bits per heavy atom. The zero-order valence-electron chi connectivity index (χ0n) is 11.6. The van der Waals surface area contributed by atoms with E-state index in [0.29, 0.717) is 5.92 Å². The standard InChI is InChI=1S/C16H19N3O/c1-17-15-10-14(11-4-2-3-5-11)18-16(19-15)12-6-8-13(20)9-7-12/h6-11,20H,2-5H2,1H3,(H,17,18,19). The SMILES string of the molecule is CNc1cc(C2CCCC2)nc(-c2ccc(O)cc2)n1. The van der Waals surface area contributed by atoms with Crippen LogP contribution in [-0.2, 0) is 0 Å². The maximum absolute atomic E-state index is 9.38. The predicted octanol–water partition coefficient (Wildman–Crippen LogP) is 3.55. The summed E-state index contributed by atoms with van der Waals surface area (Å²) in [6.07, 6.45) is 5.01. The quantitative estimate of drug-likeness (QED) is 0.894. The van der Waals surface area contributed by atoms with Crippen LogP contribution in [0.2, 0.25) is 0 Å². The molecule has 1 saturated carbocycles. The second-order valence-electron chi connectivity index (χ2n) is 5.28. The number of hydrogen-bond acceptors (Lipinski definition) is 4. The Labute approximate surface area is 118 Å². The first kappa shape index (κ1) is 12.9. The lowest BCUT2D eigenvalue weighted by atomic mass is 10.0. The molecule has 20 heavy (non-hydrogen) atoms. The molecule has 0 atom stereocenters. The van der Waals surface area contributed by atoms with Gasteiger partial charge in [-0.1, -0.05) is 12.8 Å². The summed E-state index contributed by atoms with van der Waals surface area (Å²) in [7, 11) is 1.88. The number of aromatic nitrogens is 2. The molecule has 1 aliphatic carbocycles. The molecular weight excluding hydrogens is 250 g/mol. The molecule has 4 nitrogen and oxygen atoms in total. The number of benzene rings is 1. The third-order valence-electron chi connectivity index (χ3n) is 3.90. The van der Waals surface area contributed by atoms with Gasteiger partial charge < -0.3 is 10.4 Å². The van der Waals surface area contributed by atoms with Gasteiger partial charge in [0.2, 0.25) is 0 Å². The topological polar surface area (TPSA) is 58.0 Å². The molecule has 1 fully saturated rings. The van der Waals surface area contributed by atoms with Gasteiger partial charge in [-0.15, -0.1) is 0 Å². The summed E-state index contributed by atoms with van der Waals surface area (Å²) in [4.78, 5) is 9.25. The van der Waals surface area contributed by atoms with Crippen molar-refractivity contribution in [3.05, 3.63) is 36.0 Å². The lowest BCUT2D eigenvalue weighted by Crippen LogP contribution is -2.03. The Morgan fingerprint density at radius 3 is 2.45 bits per heavy atom. The van der Waals surface area contributed by atoms with E-state index in [1.54, 1.807) is 12.1 Å². The number of nitrogens with one attached hydrogen (secondary N) is 1. The van der Waals surface area contributed by atoms with Gasteiger partial charge in [-0.25, -0.2) is 9.97 Å². The van der Waals surface area contributed by atoms with Gasteiger partial charge in [0.25, 0.3) is 0 Å². The van der Waals surface area contributed by atoms with Crippen molar-refractivity contribution in [2.24, 2.45) is 0 Å². The van der Waals surface area contributed by atoms with Crippen molar-refractivity contribution in [2.45, 2.75) is 31.6 Å². The molecule has 0 spiro atoms. The first-order valence-electron chi connectivity index (χ1n) is 7.12. The second kappa shape index (κ2) is 5.49. The summed E-state index contributed by atoms with van der Waals surface area (Å²) in [5.74, 6) is 2.39. The number of nitrogens with zero attached hydrogens (tertiary/aromatic N) is 2. The summed E-state index contributed by atoms with van der Waals surface area (Å²) in [5.41, 5.74) is 2.06. The molecule has 3 rings (SSSR count). The van der Waals surface area contributed by atoms with Gasteiger partial charge >= 0.3 is 0 Å². The lowest BCUT2D eigenvalue weighted by molar-refractivity contribution is 0.475. The predicted molar refractivity (Wildman–Crippen MR) is 79.9 cm³/mol. The zero-order chi connectivity index (χ0) is 13.9. The molecule has 2 N–H and O–H groups in total. The molecule has 1 heterocycles. The van der Waals surface area contributed by atoms with E-state index in [1.807, 2.05) is 19.2 Å². The van der Waals surface area contributed by atoms with Crippen LogP contribution in [0.4, 0.5) is 5.82 Å². The first-order chi connectivity index (χ1) is 9.76. The molecule has 104 valence electrons. The van der Waals surface area contributed by atoms with Crippen LogP contribution in [0, 0.1) is 0 Å². The molecule has 0 unspecified atom stereocenters. The van der Waals surface area contributed by atoms with E-state index in [0.717, 1.165) is 22.9 Å². The van der Waals surface area contributed by atoms with Gasteiger partial charge in [-0.3, -0.25) is 0 Å². The third-order valence-corrected chi connectivity index (χ3v) is 3.90. The minimum Gasteiger partial charge on any atom is -0.508 e. The van der Waals surface area contributed by atoms with Crippen molar-refractivity contribution in [2.75, 3.05) is 12.4 Å². The number of aromatic hydroxyl groups is 1. The monoisotopic (exact) mass is 269 g/mol. The van der Waals surface area contributed by atoms with E-state index in [1.165, 1.54) is 25.7 Å². The summed E-state index contributed by atoms with van der Waals surface area (Å²) < 4.78 is 0. The van der Waals surface area contributed by atoms with E-state index in [9.17, 15) is 5.11 Å². The minimum atomic E-state index is 0.259. The number of hydrogen-bond donors (Lipinski definition) is 2. The van der Waals surface area contributed by atoms with Crippen LogP contribution in [-0.4, -0.2) is 22.1 Å². The van der Waals surface area contributed by atoms with Crippen LogP contribution < -0.4 is 5.32 Å². The molecule has 0 amide bonds. The van der Waals surface area contributed by atoms with E-state index in [2.05, 4.69) is 16.4 Å². The molecule has 0 radical (unpaired) electrons. The van der Waals surface area contributed by atoms with Crippen LogP contribution in [0.3, 0.4) is 0 Å². The van der Waals surface area contributed by atoms with Crippen LogP contribution in [0.25, 0.3) is 11.4 Å². The van der Waals surface area contributed by atoms with Crippen molar-refractivity contribution < 1.29 is 5.11 Å². The van der Waals surface area contributed by atoms with E-state index in [4.69, 9.17) is 4.98 Å². The maximum Gasteiger partial charge on any atom is 0.161 e. The summed E-state index contributed by atoms with van der Waals surface area (Å²) in [6, 6.07) is 9.09. The van der Waals surface area contributed by atoms with Crippen molar-refractivity contribution >= 4 is 5.82 Å². The Kier molecular flexibility index (Phi) is 3.54. The lowest BCUT2D eigenvalue weighted by Gasteiger charge is -2.12. The molecule has 0 aliphatic heterocycles. The summed E-state index contributed by atoms with van der Waals surface area (Å²) in [6.45, 7) is 0. The first-order valence-corrected chi connectivity index (χ1v) is 7.12. The van der Waals surface area contributed by atoms with Crippen LogP contribution in [0.5, 0.6) is 5.75 Å². The van der Waals surface area contributed by atoms with Gasteiger partial charge in [0, 0.05) is 30.3 Å². The fourth-order valence-corrected chi connectivity index (χ4v) is 2.76. The van der Waals surface area contributed by atoms with Gasteiger partial charge in [-0.2, -0.15) is 0 Å². The van der Waals surface area contributed by atoms with Crippen LogP contribution >= 0.6 is 0 Å². The van der Waals surface area contributed by atoms with Gasteiger partial charge in [0.1, 0.15) is 11.6 Å². The highest BCUT2D eigenvalue weighted by Crippen LogP contribution is 2.34. The van der Waals surface area contributed by atoms with E-state index < -0.39 is 0 Å². The Bertz CT molecular complexity index is 589. The highest BCUT2D eigenvalue weighted by Gasteiger charge is 2.20. The second-order valence-corrected chi connectivity index (χ2v) is 5.28. The molecule has 0 saturated heterocycles. The summed E-state index contributed by atoms with van der Waals surface area (Å²) >= 11 is 0. The number of phenols is 1. The van der Waals surface area contributed by atoms with Crippen molar-refractivity contribution in [1.82, 2.24) is 9.97 Å². The van der Waals surface area contributed by atoms with Gasteiger partial charge in [0.05, 0.1) is 0 Å². The number of anilines is 1. The molecule has 1 aromatic heterocycles. The summed E-state index contributed by atoms with van der Waals surface area (Å²) in [5, 5.41) is 12.5. The largest absolute Gasteiger partial charge is 0.508 e. The number of rotatable bonds is 3. The van der Waals surface area contributed by atoms with Crippen molar-refractivity contribution in [3.63, 3.8) is 0 Å². The maximum atomic E-state index is 9.38. The van der Waals surface area contributed by atoms with Crippen LogP contribution in [0.1, 0.15) is 37.3 Å². The van der Waals surface area contributed by atoms with Crippen LogP contribution in [0.15, 0.2) is 30.3 Å². The third kappa shape index (κ3) is 2.59. The Hall–Kier alpha value is -2.10. The molecule has 1 aliphatic rings. The van der Waals surface area contributed by atoms with Gasteiger partial charge in [0.15, 0.2) is 5.82 Å². The Balaban J connectivity index is 2.01. The normalized spacial score (nSPS) is 15.4. The molecular formula is C16H19N3O.